The van der Waals surface area contributed by atoms with Gasteiger partial charge in [0.05, 0.1) is 4.92 Å². The number of benzene rings is 1. The van der Waals surface area contributed by atoms with E-state index in [1.807, 2.05) is 0 Å². The molecule has 1 aliphatic carbocycles. The Kier molecular flexibility index (Phi) is 4.63. The van der Waals surface area contributed by atoms with Crippen molar-refractivity contribution in [1.29, 1.82) is 0 Å². The average Bonchev–Trinajstić information content (AvgIpc) is 3.44. The smallest absolute Gasteiger partial charge is 0.289 e. The van der Waals surface area contributed by atoms with Crippen LogP contribution in [0, 0.1) is 10.1 Å². The normalized spacial score (nSPS) is 18.2. The Balaban J connectivity index is 1.46. The fraction of sp³-hybridized carbons (Fsp3) is 0.412. The number of para-hydroxylation sites is 1. The van der Waals surface area contributed by atoms with E-state index < -0.39 is 20.6 Å². The number of hydrogen-bond donors (Lipinski definition) is 1. The van der Waals surface area contributed by atoms with Crippen LogP contribution in [0.1, 0.15) is 34.9 Å². The van der Waals surface area contributed by atoms with Crippen molar-refractivity contribution in [3.63, 3.8) is 0 Å². The number of rotatable bonds is 5. The molecule has 10 nitrogen and oxygen atoms in total. The Morgan fingerprint density at radius 2 is 1.86 bits per heavy atom. The van der Waals surface area contributed by atoms with Crippen LogP contribution in [0.2, 0.25) is 0 Å². The van der Waals surface area contributed by atoms with Gasteiger partial charge in [0.25, 0.3) is 11.6 Å². The molecule has 1 aromatic carbocycles. The molecule has 2 aliphatic rings. The van der Waals surface area contributed by atoms with Gasteiger partial charge in [0.1, 0.15) is 5.69 Å². The lowest BCUT2D eigenvalue weighted by Crippen LogP contribution is -2.50. The zero-order chi connectivity index (χ0) is 19.9. The number of piperazine rings is 1. The first kappa shape index (κ1) is 18.6. The van der Waals surface area contributed by atoms with Gasteiger partial charge in [-0.05, 0) is 25.0 Å². The first-order valence-electron chi connectivity index (χ1n) is 8.96. The molecule has 1 aliphatic heterocycles. The lowest BCUT2D eigenvalue weighted by molar-refractivity contribution is -0.387. The minimum absolute atomic E-state index is 0.0695. The van der Waals surface area contributed by atoms with Crippen LogP contribution in [-0.2, 0) is 10.0 Å². The van der Waals surface area contributed by atoms with E-state index in [1.54, 1.807) is 11.0 Å². The molecule has 0 spiro atoms. The molecule has 11 heteroatoms. The quantitative estimate of drug-likeness (QED) is 0.590. The minimum Gasteiger partial charge on any atom is -0.335 e. The number of H-pyrrole nitrogens is 1. The van der Waals surface area contributed by atoms with Crippen molar-refractivity contribution >= 4 is 21.6 Å². The van der Waals surface area contributed by atoms with Gasteiger partial charge in [-0.3, -0.25) is 20.0 Å². The van der Waals surface area contributed by atoms with Gasteiger partial charge in [-0.2, -0.15) is 9.40 Å². The SMILES string of the molecule is O=C(c1cc(C2CC2)[nH]n1)N1CCN(S(=O)(=O)c2ccccc2[N+](=O)[O-])CC1. The number of nitrogens with zero attached hydrogens (tertiary/aromatic N) is 4. The summed E-state index contributed by atoms with van der Waals surface area (Å²) in [7, 11) is -4.02. The Labute approximate surface area is 161 Å². The van der Waals surface area contributed by atoms with E-state index in [0.717, 1.165) is 18.5 Å². The maximum atomic E-state index is 12.8. The van der Waals surface area contributed by atoms with Crippen molar-refractivity contribution in [2.75, 3.05) is 26.2 Å². The van der Waals surface area contributed by atoms with Crippen LogP contribution in [0.3, 0.4) is 0 Å². The highest BCUT2D eigenvalue weighted by Crippen LogP contribution is 2.39. The molecule has 148 valence electrons. The van der Waals surface area contributed by atoms with Crippen LogP contribution in [0.15, 0.2) is 35.2 Å². The monoisotopic (exact) mass is 405 g/mol. The molecule has 1 amide bonds. The number of aromatic amines is 1. The predicted molar refractivity (Wildman–Crippen MR) is 98.3 cm³/mol. The molecular formula is C17H19N5O5S. The van der Waals surface area contributed by atoms with Crippen LogP contribution in [0.4, 0.5) is 5.69 Å². The number of nitrogens with one attached hydrogen (secondary N) is 1. The third kappa shape index (κ3) is 3.38. The molecule has 1 saturated carbocycles. The number of sulfonamides is 1. The van der Waals surface area contributed by atoms with Gasteiger partial charge >= 0.3 is 0 Å². The molecule has 0 unspecified atom stereocenters. The fourth-order valence-electron chi connectivity index (χ4n) is 3.31. The largest absolute Gasteiger partial charge is 0.335 e. The summed E-state index contributed by atoms with van der Waals surface area (Å²) in [5, 5.41) is 18.1. The number of amides is 1. The summed E-state index contributed by atoms with van der Waals surface area (Å²) in [6, 6.07) is 7.04. The van der Waals surface area contributed by atoms with Crippen LogP contribution in [0.5, 0.6) is 0 Å². The Morgan fingerprint density at radius 1 is 1.18 bits per heavy atom. The number of nitro benzene ring substituents is 1. The summed E-state index contributed by atoms with van der Waals surface area (Å²) in [5.74, 6) is 0.212. The minimum atomic E-state index is -4.02. The third-order valence-corrected chi connectivity index (χ3v) is 6.99. The van der Waals surface area contributed by atoms with E-state index >= 15 is 0 Å². The van der Waals surface area contributed by atoms with Crippen molar-refractivity contribution in [2.45, 2.75) is 23.7 Å². The fourth-order valence-corrected chi connectivity index (χ4v) is 4.89. The lowest BCUT2D eigenvalue weighted by atomic mass is 10.2. The first-order chi connectivity index (χ1) is 13.4. The van der Waals surface area contributed by atoms with Crippen LogP contribution in [-0.4, -0.2) is 64.8 Å². The summed E-state index contributed by atoms with van der Waals surface area (Å²) in [4.78, 5) is 24.3. The summed E-state index contributed by atoms with van der Waals surface area (Å²) in [6.45, 7) is 0.536. The summed E-state index contributed by atoms with van der Waals surface area (Å²) >= 11 is 0. The van der Waals surface area contributed by atoms with Gasteiger partial charge in [-0.1, -0.05) is 12.1 Å². The Hall–Kier alpha value is -2.79. The number of hydrogen-bond acceptors (Lipinski definition) is 6. The maximum Gasteiger partial charge on any atom is 0.289 e. The van der Waals surface area contributed by atoms with E-state index in [-0.39, 0.29) is 37.0 Å². The van der Waals surface area contributed by atoms with Crippen molar-refractivity contribution in [2.24, 2.45) is 0 Å². The molecule has 28 heavy (non-hydrogen) atoms. The molecule has 4 rings (SSSR count). The number of aromatic nitrogens is 2. The topological polar surface area (TPSA) is 130 Å². The zero-order valence-electron chi connectivity index (χ0n) is 14.9. The highest BCUT2D eigenvalue weighted by Gasteiger charge is 2.35. The van der Waals surface area contributed by atoms with E-state index in [1.165, 1.54) is 28.6 Å². The van der Waals surface area contributed by atoms with Gasteiger partial charge < -0.3 is 4.90 Å². The predicted octanol–water partition coefficient (Wildman–Crippen LogP) is 1.34. The van der Waals surface area contributed by atoms with Gasteiger partial charge in [0.15, 0.2) is 4.90 Å². The second-order valence-electron chi connectivity index (χ2n) is 6.90. The van der Waals surface area contributed by atoms with E-state index in [2.05, 4.69) is 10.2 Å². The zero-order valence-corrected chi connectivity index (χ0v) is 15.8. The molecule has 0 atom stereocenters. The maximum absolute atomic E-state index is 12.8. The Morgan fingerprint density at radius 3 is 2.50 bits per heavy atom. The van der Waals surface area contributed by atoms with Crippen molar-refractivity contribution in [1.82, 2.24) is 19.4 Å². The average molecular weight is 405 g/mol. The Bertz CT molecular complexity index is 1020. The highest BCUT2D eigenvalue weighted by atomic mass is 32.2. The molecular weight excluding hydrogens is 386 g/mol. The van der Waals surface area contributed by atoms with E-state index in [9.17, 15) is 23.3 Å². The number of nitro groups is 1. The summed E-state index contributed by atoms with van der Waals surface area (Å²) in [5.41, 5.74) is 0.836. The van der Waals surface area contributed by atoms with Crippen molar-refractivity contribution in [3.05, 3.63) is 51.8 Å². The van der Waals surface area contributed by atoms with Gasteiger partial charge in [0.2, 0.25) is 10.0 Å². The van der Waals surface area contributed by atoms with Gasteiger partial charge in [-0.25, -0.2) is 8.42 Å². The number of carbonyl (C=O) groups excluding carboxylic acids is 1. The van der Waals surface area contributed by atoms with Gasteiger partial charge in [-0.15, -0.1) is 0 Å². The molecule has 0 radical (unpaired) electrons. The van der Waals surface area contributed by atoms with Crippen LogP contribution in [0.25, 0.3) is 0 Å². The highest BCUT2D eigenvalue weighted by molar-refractivity contribution is 7.89. The lowest BCUT2D eigenvalue weighted by Gasteiger charge is -2.33. The number of carbonyl (C=O) groups is 1. The summed E-state index contributed by atoms with van der Waals surface area (Å²) < 4.78 is 26.9. The van der Waals surface area contributed by atoms with Gasteiger partial charge in [0, 0.05) is 43.9 Å². The molecule has 2 aromatic rings. The first-order valence-corrected chi connectivity index (χ1v) is 10.4. The molecule has 1 N–H and O–H groups in total. The van der Waals surface area contributed by atoms with Crippen LogP contribution >= 0.6 is 0 Å². The van der Waals surface area contributed by atoms with E-state index in [4.69, 9.17) is 0 Å². The molecule has 0 bridgehead atoms. The van der Waals surface area contributed by atoms with Crippen molar-refractivity contribution < 1.29 is 18.1 Å². The second kappa shape index (κ2) is 6.99. The van der Waals surface area contributed by atoms with Crippen LogP contribution < -0.4 is 0 Å². The molecule has 1 aromatic heterocycles. The summed E-state index contributed by atoms with van der Waals surface area (Å²) in [6.07, 6.45) is 2.19. The standard InChI is InChI=1S/C17H19N5O5S/c23-17(14-11-13(18-19-14)12-5-6-12)20-7-9-21(10-8-20)28(26,27)16-4-2-1-3-15(16)22(24)25/h1-4,11-12H,5-10H2,(H,18,19). The second-order valence-corrected chi connectivity index (χ2v) is 8.81. The molecule has 2 fully saturated rings. The molecule has 1 saturated heterocycles. The van der Waals surface area contributed by atoms with E-state index in [0.29, 0.717) is 11.6 Å². The van der Waals surface area contributed by atoms with Crippen molar-refractivity contribution in [3.8, 4) is 0 Å². The third-order valence-electron chi connectivity index (χ3n) is 5.04. The molecule has 2 heterocycles.